The molecule has 0 heterocycles. The van der Waals surface area contributed by atoms with E-state index < -0.39 is 5.54 Å². The number of benzene rings is 1. The van der Waals surface area contributed by atoms with Gasteiger partial charge in [0.15, 0.2) is 0 Å². The first kappa shape index (κ1) is 19.9. The van der Waals surface area contributed by atoms with Gasteiger partial charge in [-0.2, -0.15) is 0 Å². The first-order chi connectivity index (χ1) is 9.35. The van der Waals surface area contributed by atoms with Crippen molar-refractivity contribution in [3.63, 3.8) is 0 Å². The molecule has 1 aromatic rings. The van der Waals surface area contributed by atoms with E-state index in [1.807, 2.05) is 45.0 Å². The van der Waals surface area contributed by atoms with Gasteiger partial charge in [0, 0.05) is 5.69 Å². The summed E-state index contributed by atoms with van der Waals surface area (Å²) in [5, 5.41) is 2.88. The van der Waals surface area contributed by atoms with Crippen molar-refractivity contribution in [1.29, 1.82) is 0 Å². The first-order valence-electron chi connectivity index (χ1n) is 7.16. The monoisotopic (exact) mass is 314 g/mol. The van der Waals surface area contributed by atoms with E-state index in [4.69, 9.17) is 10.5 Å². The fraction of sp³-hybridized carbons (Fsp3) is 0.562. The molecule has 3 N–H and O–H groups in total. The summed E-state index contributed by atoms with van der Waals surface area (Å²) < 4.78 is 5.56. The summed E-state index contributed by atoms with van der Waals surface area (Å²) in [6, 6.07) is 7.66. The topological polar surface area (TPSA) is 64.4 Å². The summed E-state index contributed by atoms with van der Waals surface area (Å²) in [6.07, 6.45) is 1.72. The van der Waals surface area contributed by atoms with E-state index in [2.05, 4.69) is 5.32 Å². The molecular weight excluding hydrogens is 288 g/mol. The van der Waals surface area contributed by atoms with Crippen LogP contribution in [0.3, 0.4) is 0 Å². The second kappa shape index (κ2) is 9.03. The molecule has 0 fully saturated rings. The average Bonchev–Trinajstić information content (AvgIpc) is 2.36. The Bertz CT molecular complexity index is 448. The molecule has 1 amide bonds. The summed E-state index contributed by atoms with van der Waals surface area (Å²) >= 11 is 0. The number of hydrogen-bond acceptors (Lipinski definition) is 3. The summed E-state index contributed by atoms with van der Waals surface area (Å²) in [4.78, 5) is 12.1. The number of hydrogen-bond donors (Lipinski definition) is 2. The predicted octanol–water partition coefficient (Wildman–Crippen LogP) is 3.49. The third-order valence-electron chi connectivity index (χ3n) is 3.06. The molecular formula is C16H27ClN2O2. The molecule has 1 atom stereocenters. The molecule has 0 aliphatic carbocycles. The molecule has 1 unspecified atom stereocenters. The Morgan fingerprint density at radius 1 is 1.43 bits per heavy atom. The van der Waals surface area contributed by atoms with Gasteiger partial charge < -0.3 is 15.8 Å². The number of ether oxygens (including phenoxy) is 1. The third-order valence-corrected chi connectivity index (χ3v) is 3.06. The Morgan fingerprint density at radius 3 is 2.67 bits per heavy atom. The molecule has 0 aromatic heterocycles. The fourth-order valence-corrected chi connectivity index (χ4v) is 1.91. The number of nitrogens with one attached hydrogen (secondary N) is 1. The van der Waals surface area contributed by atoms with Gasteiger partial charge in [0.25, 0.3) is 0 Å². The predicted molar refractivity (Wildman–Crippen MR) is 89.7 cm³/mol. The molecule has 0 radical (unpaired) electrons. The maximum Gasteiger partial charge on any atom is 0.244 e. The van der Waals surface area contributed by atoms with E-state index in [0.717, 1.165) is 17.7 Å². The zero-order chi connectivity index (χ0) is 15.2. The number of nitrogens with two attached hydrogens (primary N) is 1. The Labute approximate surface area is 133 Å². The Kier molecular flexibility index (Phi) is 8.55. The molecule has 0 saturated heterocycles. The van der Waals surface area contributed by atoms with Crippen LogP contribution in [-0.2, 0) is 16.1 Å². The summed E-state index contributed by atoms with van der Waals surface area (Å²) in [5.74, 6) is -0.152. The lowest BCUT2D eigenvalue weighted by atomic mass is 9.96. The van der Waals surface area contributed by atoms with Crippen LogP contribution in [0.2, 0.25) is 0 Å². The van der Waals surface area contributed by atoms with Crippen LogP contribution >= 0.6 is 12.4 Å². The van der Waals surface area contributed by atoms with E-state index in [0.29, 0.717) is 13.0 Å². The van der Waals surface area contributed by atoms with Crippen LogP contribution in [0.25, 0.3) is 0 Å². The van der Waals surface area contributed by atoms with Crippen molar-refractivity contribution in [3.8, 4) is 0 Å². The van der Waals surface area contributed by atoms with Crippen molar-refractivity contribution in [2.45, 2.75) is 58.8 Å². The van der Waals surface area contributed by atoms with Gasteiger partial charge in [-0.3, -0.25) is 4.79 Å². The molecule has 120 valence electrons. The molecule has 5 heteroatoms. The molecule has 0 spiro atoms. The fourth-order valence-electron chi connectivity index (χ4n) is 1.91. The van der Waals surface area contributed by atoms with Gasteiger partial charge >= 0.3 is 0 Å². The number of carbonyl (C=O) groups is 1. The minimum Gasteiger partial charge on any atom is -0.374 e. The van der Waals surface area contributed by atoms with Gasteiger partial charge in [0.1, 0.15) is 0 Å². The number of halogens is 1. The van der Waals surface area contributed by atoms with Gasteiger partial charge in [0.2, 0.25) is 5.91 Å². The average molecular weight is 315 g/mol. The van der Waals surface area contributed by atoms with Crippen LogP contribution in [0.4, 0.5) is 5.69 Å². The second-order valence-electron chi connectivity index (χ2n) is 5.68. The zero-order valence-corrected chi connectivity index (χ0v) is 14.1. The molecule has 1 aromatic carbocycles. The van der Waals surface area contributed by atoms with E-state index in [-0.39, 0.29) is 24.4 Å². The third kappa shape index (κ3) is 6.93. The number of carbonyl (C=O) groups excluding carboxylic acids is 1. The Balaban J connectivity index is 0.00000400. The lowest BCUT2D eigenvalue weighted by molar-refractivity contribution is -0.120. The highest BCUT2D eigenvalue weighted by Gasteiger charge is 2.27. The van der Waals surface area contributed by atoms with Gasteiger partial charge in [0.05, 0.1) is 18.2 Å². The minimum absolute atomic E-state index is 0. The SMILES string of the molecule is CCCC(C)(N)C(=O)Nc1cccc(COC(C)C)c1.Cl. The lowest BCUT2D eigenvalue weighted by Gasteiger charge is -2.23. The van der Waals surface area contributed by atoms with Crippen molar-refractivity contribution in [2.24, 2.45) is 5.73 Å². The van der Waals surface area contributed by atoms with Crippen LogP contribution < -0.4 is 11.1 Å². The first-order valence-corrected chi connectivity index (χ1v) is 7.16. The highest BCUT2D eigenvalue weighted by Crippen LogP contribution is 2.16. The van der Waals surface area contributed by atoms with Crippen molar-refractivity contribution in [3.05, 3.63) is 29.8 Å². The van der Waals surface area contributed by atoms with E-state index in [1.54, 1.807) is 6.92 Å². The lowest BCUT2D eigenvalue weighted by Crippen LogP contribution is -2.48. The molecule has 0 saturated carbocycles. The van der Waals surface area contributed by atoms with Crippen LogP contribution in [-0.4, -0.2) is 17.6 Å². The second-order valence-corrected chi connectivity index (χ2v) is 5.68. The summed E-state index contributed by atoms with van der Waals surface area (Å²) in [5.41, 5.74) is 6.97. The highest BCUT2D eigenvalue weighted by molar-refractivity contribution is 5.97. The Morgan fingerprint density at radius 2 is 2.10 bits per heavy atom. The maximum absolute atomic E-state index is 12.1. The van der Waals surface area contributed by atoms with Crippen LogP contribution in [0, 0.1) is 0 Å². The molecule has 0 aliphatic rings. The van der Waals surface area contributed by atoms with Gasteiger partial charge in [-0.1, -0.05) is 25.5 Å². The standard InChI is InChI=1S/C16H26N2O2.ClH/c1-5-9-16(4,17)15(19)18-14-8-6-7-13(10-14)11-20-12(2)3;/h6-8,10,12H,5,9,11,17H2,1-4H3,(H,18,19);1H. The van der Waals surface area contributed by atoms with Crippen molar-refractivity contribution in [1.82, 2.24) is 0 Å². The van der Waals surface area contributed by atoms with E-state index in [1.165, 1.54) is 0 Å². The largest absolute Gasteiger partial charge is 0.374 e. The Hall–Kier alpha value is -1.10. The number of anilines is 1. The summed E-state index contributed by atoms with van der Waals surface area (Å²) in [7, 11) is 0. The minimum atomic E-state index is -0.834. The summed E-state index contributed by atoms with van der Waals surface area (Å²) in [6.45, 7) is 8.31. The van der Waals surface area contributed by atoms with Gasteiger partial charge in [-0.05, 0) is 44.9 Å². The van der Waals surface area contributed by atoms with Gasteiger partial charge in [-0.25, -0.2) is 0 Å². The molecule has 0 aliphatic heterocycles. The van der Waals surface area contributed by atoms with Gasteiger partial charge in [-0.15, -0.1) is 12.4 Å². The molecule has 21 heavy (non-hydrogen) atoms. The molecule has 0 bridgehead atoms. The van der Waals surface area contributed by atoms with Crippen molar-refractivity contribution < 1.29 is 9.53 Å². The zero-order valence-electron chi connectivity index (χ0n) is 13.3. The van der Waals surface area contributed by atoms with Crippen LogP contribution in [0.5, 0.6) is 0 Å². The normalized spacial score (nSPS) is 13.4. The van der Waals surface area contributed by atoms with E-state index >= 15 is 0 Å². The maximum atomic E-state index is 12.1. The van der Waals surface area contributed by atoms with Crippen molar-refractivity contribution in [2.75, 3.05) is 5.32 Å². The van der Waals surface area contributed by atoms with Crippen molar-refractivity contribution >= 4 is 24.0 Å². The van der Waals surface area contributed by atoms with Crippen LogP contribution in [0.15, 0.2) is 24.3 Å². The number of rotatable bonds is 7. The highest BCUT2D eigenvalue weighted by atomic mass is 35.5. The molecule has 1 rings (SSSR count). The quantitative estimate of drug-likeness (QED) is 0.809. The van der Waals surface area contributed by atoms with Crippen LogP contribution in [0.1, 0.15) is 46.1 Å². The smallest absolute Gasteiger partial charge is 0.244 e. The van der Waals surface area contributed by atoms with E-state index in [9.17, 15) is 4.79 Å². The number of amides is 1. The molecule has 4 nitrogen and oxygen atoms in total.